The second-order valence-electron chi connectivity index (χ2n) is 5.81. The van der Waals surface area contributed by atoms with E-state index < -0.39 is 16.1 Å². The predicted molar refractivity (Wildman–Crippen MR) is 93.0 cm³/mol. The van der Waals surface area contributed by atoms with E-state index >= 15 is 0 Å². The Morgan fingerprint density at radius 2 is 2.00 bits per heavy atom. The second-order valence-corrected chi connectivity index (χ2v) is 7.55. The quantitative estimate of drug-likeness (QED) is 0.601. The van der Waals surface area contributed by atoms with E-state index in [0.717, 1.165) is 31.1 Å². The van der Waals surface area contributed by atoms with Gasteiger partial charge in [-0.05, 0) is 31.0 Å². The highest BCUT2D eigenvalue weighted by atomic mass is 32.2. The topological polar surface area (TPSA) is 95.5 Å². The van der Waals surface area contributed by atoms with Gasteiger partial charge in [0.05, 0.1) is 24.5 Å². The van der Waals surface area contributed by atoms with Gasteiger partial charge in [0.15, 0.2) is 0 Å². The summed E-state index contributed by atoms with van der Waals surface area (Å²) in [5, 5.41) is 12.5. The van der Waals surface area contributed by atoms with Crippen molar-refractivity contribution in [1.29, 1.82) is 0 Å². The van der Waals surface area contributed by atoms with Crippen molar-refractivity contribution < 1.29 is 18.3 Å². The van der Waals surface area contributed by atoms with Crippen LogP contribution in [0.4, 0.5) is 11.4 Å². The number of sulfonamides is 1. The van der Waals surface area contributed by atoms with Crippen LogP contribution in [0.15, 0.2) is 18.2 Å². The lowest BCUT2D eigenvalue weighted by atomic mass is 10.1. The molecule has 1 aromatic carbocycles. The Morgan fingerprint density at radius 3 is 2.61 bits per heavy atom. The maximum atomic E-state index is 11.9. The molecule has 23 heavy (non-hydrogen) atoms. The number of benzene rings is 1. The number of anilines is 2. The van der Waals surface area contributed by atoms with E-state index in [1.165, 1.54) is 0 Å². The van der Waals surface area contributed by atoms with Gasteiger partial charge in [-0.1, -0.05) is 32.3 Å². The van der Waals surface area contributed by atoms with E-state index in [1.807, 2.05) is 0 Å². The lowest BCUT2D eigenvalue weighted by Crippen LogP contribution is -2.20. The van der Waals surface area contributed by atoms with Crippen LogP contribution in [0, 0.1) is 6.92 Å². The van der Waals surface area contributed by atoms with Gasteiger partial charge in [0.2, 0.25) is 15.9 Å². The second kappa shape index (κ2) is 8.88. The minimum atomic E-state index is -3.38. The normalized spacial score (nSPS) is 12.7. The van der Waals surface area contributed by atoms with Gasteiger partial charge in [-0.2, -0.15) is 0 Å². The van der Waals surface area contributed by atoms with Crippen molar-refractivity contribution in [3.63, 3.8) is 0 Å². The van der Waals surface area contributed by atoms with Gasteiger partial charge >= 0.3 is 0 Å². The zero-order valence-electron chi connectivity index (χ0n) is 13.9. The highest BCUT2D eigenvalue weighted by molar-refractivity contribution is 7.92. The molecule has 0 aliphatic carbocycles. The number of aliphatic hydroxyl groups is 1. The Bertz CT molecular complexity index is 629. The third kappa shape index (κ3) is 7.99. The van der Waals surface area contributed by atoms with Gasteiger partial charge < -0.3 is 10.4 Å². The predicted octanol–water partition coefficient (Wildman–Crippen LogP) is 2.64. The summed E-state index contributed by atoms with van der Waals surface area (Å²) in [4.78, 5) is 11.9. The van der Waals surface area contributed by atoms with Crippen molar-refractivity contribution in [1.82, 2.24) is 0 Å². The summed E-state index contributed by atoms with van der Waals surface area (Å²) in [5.74, 6) is -0.289. The summed E-state index contributed by atoms with van der Waals surface area (Å²) in [6.07, 6.45) is 4.07. The lowest BCUT2D eigenvalue weighted by molar-refractivity contribution is -0.118. The van der Waals surface area contributed by atoms with Crippen LogP contribution in [0.3, 0.4) is 0 Å². The van der Waals surface area contributed by atoms with Crippen LogP contribution in [-0.2, 0) is 14.8 Å². The van der Waals surface area contributed by atoms with E-state index in [2.05, 4.69) is 17.0 Å². The van der Waals surface area contributed by atoms with Crippen LogP contribution in [0.5, 0.6) is 0 Å². The largest absolute Gasteiger partial charge is 0.393 e. The fourth-order valence-electron chi connectivity index (χ4n) is 2.17. The number of aliphatic hydroxyl groups excluding tert-OH is 1. The van der Waals surface area contributed by atoms with Gasteiger partial charge in [0.25, 0.3) is 0 Å². The molecule has 3 N–H and O–H groups in total. The molecule has 0 spiro atoms. The third-order valence-corrected chi connectivity index (χ3v) is 3.97. The molecule has 0 aromatic heterocycles. The van der Waals surface area contributed by atoms with Crippen LogP contribution in [0.25, 0.3) is 0 Å². The first-order valence-corrected chi connectivity index (χ1v) is 9.66. The summed E-state index contributed by atoms with van der Waals surface area (Å²) in [7, 11) is -3.38. The number of hydrogen-bond acceptors (Lipinski definition) is 4. The molecule has 130 valence electrons. The number of carbonyl (C=O) groups is 1. The lowest BCUT2D eigenvalue weighted by Gasteiger charge is -2.13. The number of hydrogen-bond donors (Lipinski definition) is 3. The SMILES string of the molecule is CCCCCC(O)CC(=O)Nc1ccc(C)c(NS(C)(=O)=O)c1. The Labute approximate surface area is 138 Å². The van der Waals surface area contributed by atoms with Gasteiger partial charge in [0, 0.05) is 5.69 Å². The molecule has 7 heteroatoms. The molecule has 1 unspecified atom stereocenters. The molecule has 0 aliphatic heterocycles. The Morgan fingerprint density at radius 1 is 1.30 bits per heavy atom. The summed E-state index contributed by atoms with van der Waals surface area (Å²) < 4.78 is 25.1. The molecule has 0 fully saturated rings. The smallest absolute Gasteiger partial charge is 0.229 e. The maximum Gasteiger partial charge on any atom is 0.229 e. The molecule has 0 saturated heterocycles. The minimum absolute atomic E-state index is 0.0342. The number of amides is 1. The first-order chi connectivity index (χ1) is 10.7. The van der Waals surface area contributed by atoms with Crippen molar-refractivity contribution >= 4 is 27.3 Å². The molecule has 0 saturated carbocycles. The van der Waals surface area contributed by atoms with Gasteiger partial charge in [0.1, 0.15) is 0 Å². The first kappa shape index (κ1) is 19.4. The molecule has 1 amide bonds. The number of nitrogens with one attached hydrogen (secondary N) is 2. The van der Waals surface area contributed by atoms with Gasteiger partial charge in [-0.15, -0.1) is 0 Å². The fourth-order valence-corrected chi connectivity index (χ4v) is 2.79. The van der Waals surface area contributed by atoms with Gasteiger partial charge in [-0.25, -0.2) is 8.42 Å². The molecule has 1 rings (SSSR count). The molecule has 1 atom stereocenters. The summed E-state index contributed by atoms with van der Waals surface area (Å²) in [5.41, 5.74) is 1.68. The molecule has 6 nitrogen and oxygen atoms in total. The number of carbonyl (C=O) groups excluding carboxylic acids is 1. The van der Waals surface area contributed by atoms with E-state index in [0.29, 0.717) is 17.8 Å². The molecule has 0 radical (unpaired) electrons. The summed E-state index contributed by atoms with van der Waals surface area (Å²) >= 11 is 0. The standard InChI is InChI=1S/C16H26N2O4S/c1-4-5-6-7-14(19)11-16(20)17-13-9-8-12(2)15(10-13)18-23(3,21)22/h8-10,14,18-19H,4-7,11H2,1-3H3,(H,17,20). The Balaban J connectivity index is 2.63. The average Bonchev–Trinajstić information content (AvgIpc) is 2.41. The average molecular weight is 342 g/mol. The summed E-state index contributed by atoms with van der Waals surface area (Å²) in [6.45, 7) is 3.86. The van der Waals surface area contributed by atoms with Crippen molar-refractivity contribution in [3.05, 3.63) is 23.8 Å². The van der Waals surface area contributed by atoms with Crippen LogP contribution in [0.1, 0.15) is 44.6 Å². The maximum absolute atomic E-state index is 11.9. The fraction of sp³-hybridized carbons (Fsp3) is 0.562. The molecular formula is C16H26N2O4S. The van der Waals surface area contributed by atoms with Crippen molar-refractivity contribution in [3.8, 4) is 0 Å². The summed E-state index contributed by atoms with van der Waals surface area (Å²) in [6, 6.07) is 4.99. The van der Waals surface area contributed by atoms with Crippen LogP contribution >= 0.6 is 0 Å². The monoisotopic (exact) mass is 342 g/mol. The highest BCUT2D eigenvalue weighted by Crippen LogP contribution is 2.21. The number of unbranched alkanes of at least 4 members (excludes halogenated alkanes) is 2. The number of aryl methyl sites for hydroxylation is 1. The van der Waals surface area contributed by atoms with Crippen LogP contribution in [0.2, 0.25) is 0 Å². The van der Waals surface area contributed by atoms with Crippen LogP contribution < -0.4 is 10.0 Å². The van der Waals surface area contributed by atoms with Crippen molar-refractivity contribution in [2.45, 2.75) is 52.1 Å². The molecule has 1 aromatic rings. The first-order valence-electron chi connectivity index (χ1n) is 7.77. The van der Waals surface area contributed by atoms with Crippen LogP contribution in [-0.4, -0.2) is 31.8 Å². The highest BCUT2D eigenvalue weighted by Gasteiger charge is 2.12. The number of rotatable bonds is 9. The van der Waals surface area contributed by atoms with E-state index in [-0.39, 0.29) is 12.3 Å². The van der Waals surface area contributed by atoms with Crippen molar-refractivity contribution in [2.75, 3.05) is 16.3 Å². The Kier molecular flexibility index (Phi) is 7.51. The molecule has 0 heterocycles. The van der Waals surface area contributed by atoms with E-state index in [1.54, 1.807) is 25.1 Å². The zero-order chi connectivity index (χ0) is 17.5. The third-order valence-electron chi connectivity index (χ3n) is 3.38. The molecular weight excluding hydrogens is 316 g/mol. The molecule has 0 bridgehead atoms. The Hall–Kier alpha value is -1.60. The van der Waals surface area contributed by atoms with E-state index in [4.69, 9.17) is 0 Å². The van der Waals surface area contributed by atoms with Crippen molar-refractivity contribution in [2.24, 2.45) is 0 Å². The van der Waals surface area contributed by atoms with Gasteiger partial charge in [-0.3, -0.25) is 9.52 Å². The zero-order valence-corrected chi connectivity index (χ0v) is 14.7. The van der Waals surface area contributed by atoms with E-state index in [9.17, 15) is 18.3 Å². The molecule has 0 aliphatic rings. The minimum Gasteiger partial charge on any atom is -0.393 e.